The third kappa shape index (κ3) is 4.38. The first-order chi connectivity index (χ1) is 10.0. The zero-order valence-corrected chi connectivity index (χ0v) is 14.6. The number of piperazine rings is 1. The van der Waals surface area contributed by atoms with Crippen molar-refractivity contribution in [3.05, 3.63) is 23.8 Å². The molecule has 7 heteroatoms. The Labute approximate surface area is 141 Å². The number of rotatable bonds is 3. The van der Waals surface area contributed by atoms with E-state index in [0.717, 1.165) is 30.2 Å². The van der Waals surface area contributed by atoms with Gasteiger partial charge in [-0.05, 0) is 31.4 Å². The van der Waals surface area contributed by atoms with Crippen molar-refractivity contribution < 1.29 is 9.59 Å². The minimum Gasteiger partial charge on any atom is -0.333 e. The fourth-order valence-electron chi connectivity index (χ4n) is 2.43. The van der Waals surface area contributed by atoms with Gasteiger partial charge in [0, 0.05) is 43.1 Å². The van der Waals surface area contributed by atoms with Crippen molar-refractivity contribution in [3.8, 4) is 0 Å². The van der Waals surface area contributed by atoms with Crippen LogP contribution in [-0.4, -0.2) is 48.6 Å². The lowest BCUT2D eigenvalue weighted by molar-refractivity contribution is -0.114. The molecular formula is C15H22ClN3O2S. The van der Waals surface area contributed by atoms with E-state index in [0.29, 0.717) is 5.56 Å². The fraction of sp³-hybridized carbons (Fsp3) is 0.467. The predicted molar refractivity (Wildman–Crippen MR) is 93.1 cm³/mol. The molecule has 0 unspecified atom stereocenters. The van der Waals surface area contributed by atoms with Gasteiger partial charge in [0.2, 0.25) is 5.91 Å². The number of carbonyl (C=O) groups excluding carboxylic acids is 2. The number of hydrogen-bond donors (Lipinski definition) is 2. The Morgan fingerprint density at radius 1 is 1.41 bits per heavy atom. The van der Waals surface area contributed by atoms with Gasteiger partial charge in [-0.1, -0.05) is 0 Å². The quantitative estimate of drug-likeness (QED) is 0.826. The lowest BCUT2D eigenvalue weighted by Gasteiger charge is -2.34. The van der Waals surface area contributed by atoms with E-state index in [2.05, 4.69) is 10.6 Å². The van der Waals surface area contributed by atoms with Crippen molar-refractivity contribution in [1.82, 2.24) is 10.2 Å². The molecule has 0 aliphatic carbocycles. The highest BCUT2D eigenvalue weighted by Crippen LogP contribution is 2.27. The first-order valence-corrected chi connectivity index (χ1v) is 8.22. The number of carbonyl (C=O) groups is 2. The van der Waals surface area contributed by atoms with Crippen LogP contribution in [-0.2, 0) is 4.79 Å². The number of hydrogen-bond acceptors (Lipinski definition) is 4. The molecule has 0 aromatic heterocycles. The van der Waals surface area contributed by atoms with Crippen LogP contribution >= 0.6 is 24.2 Å². The van der Waals surface area contributed by atoms with Crippen LogP contribution in [0, 0.1) is 0 Å². The molecule has 1 atom stereocenters. The molecule has 1 aromatic carbocycles. The summed E-state index contributed by atoms with van der Waals surface area (Å²) in [6.07, 6.45) is 1.93. The van der Waals surface area contributed by atoms with Crippen LogP contribution in [0.25, 0.3) is 0 Å². The Bertz CT molecular complexity index is 554. The fourth-order valence-corrected chi connectivity index (χ4v) is 3.01. The largest absolute Gasteiger partial charge is 0.333 e. The summed E-state index contributed by atoms with van der Waals surface area (Å²) in [6.45, 7) is 5.90. The first-order valence-electron chi connectivity index (χ1n) is 7.00. The Kier molecular flexibility index (Phi) is 7.19. The normalized spacial score (nSPS) is 17.6. The van der Waals surface area contributed by atoms with E-state index >= 15 is 0 Å². The highest BCUT2D eigenvalue weighted by Gasteiger charge is 2.24. The van der Waals surface area contributed by atoms with E-state index in [1.807, 2.05) is 24.1 Å². The highest BCUT2D eigenvalue weighted by molar-refractivity contribution is 7.98. The average Bonchev–Trinajstić information content (AvgIpc) is 2.47. The smallest absolute Gasteiger partial charge is 0.254 e. The molecule has 22 heavy (non-hydrogen) atoms. The van der Waals surface area contributed by atoms with Gasteiger partial charge in [0.15, 0.2) is 0 Å². The highest BCUT2D eigenvalue weighted by atomic mass is 35.5. The van der Waals surface area contributed by atoms with Gasteiger partial charge in [0.05, 0.1) is 5.69 Å². The lowest BCUT2D eigenvalue weighted by atomic mass is 10.1. The van der Waals surface area contributed by atoms with Crippen LogP contribution in [0.2, 0.25) is 0 Å². The third-order valence-corrected chi connectivity index (χ3v) is 4.30. The monoisotopic (exact) mass is 343 g/mol. The van der Waals surface area contributed by atoms with Gasteiger partial charge in [-0.25, -0.2) is 0 Å². The summed E-state index contributed by atoms with van der Waals surface area (Å²) < 4.78 is 0. The van der Waals surface area contributed by atoms with Crippen LogP contribution in [0.1, 0.15) is 24.2 Å². The van der Waals surface area contributed by atoms with Gasteiger partial charge >= 0.3 is 0 Å². The number of amides is 2. The minimum atomic E-state index is -0.111. The summed E-state index contributed by atoms with van der Waals surface area (Å²) in [5.74, 6) is -0.0613. The maximum absolute atomic E-state index is 12.6. The standard InChI is InChI=1S/C15H21N3O2S.ClH/c1-10-9-16-6-7-18(10)15(20)12-4-5-13(17-11(2)19)14(8-12)21-3;/h4-5,8,10,16H,6-7,9H2,1-3H3,(H,17,19);1H/t10-;/m0./s1. The van der Waals surface area contributed by atoms with Gasteiger partial charge in [0.1, 0.15) is 0 Å². The van der Waals surface area contributed by atoms with E-state index in [-0.39, 0.29) is 30.3 Å². The van der Waals surface area contributed by atoms with Crippen LogP contribution in [0.3, 0.4) is 0 Å². The predicted octanol–water partition coefficient (Wildman–Crippen LogP) is 2.22. The molecule has 2 N–H and O–H groups in total. The number of halogens is 1. The van der Waals surface area contributed by atoms with E-state index in [1.54, 1.807) is 12.1 Å². The van der Waals surface area contributed by atoms with E-state index < -0.39 is 0 Å². The summed E-state index contributed by atoms with van der Waals surface area (Å²) >= 11 is 1.52. The summed E-state index contributed by atoms with van der Waals surface area (Å²) in [5, 5.41) is 6.06. The number of thioether (sulfide) groups is 1. The second kappa shape index (κ2) is 8.41. The molecule has 1 fully saturated rings. The second-order valence-electron chi connectivity index (χ2n) is 5.15. The van der Waals surface area contributed by atoms with Crippen LogP contribution in [0.15, 0.2) is 23.1 Å². The summed E-state index contributed by atoms with van der Waals surface area (Å²) in [4.78, 5) is 26.6. The molecule has 122 valence electrons. The van der Waals surface area contributed by atoms with Crippen LogP contribution < -0.4 is 10.6 Å². The van der Waals surface area contributed by atoms with E-state index in [1.165, 1.54) is 18.7 Å². The molecule has 1 heterocycles. The number of nitrogens with zero attached hydrogens (tertiary/aromatic N) is 1. The van der Waals surface area contributed by atoms with Crippen molar-refractivity contribution in [3.63, 3.8) is 0 Å². The second-order valence-corrected chi connectivity index (χ2v) is 6.00. The molecule has 0 saturated carbocycles. The maximum Gasteiger partial charge on any atom is 0.254 e. The Morgan fingerprint density at radius 3 is 2.73 bits per heavy atom. The summed E-state index contributed by atoms with van der Waals surface area (Å²) in [6, 6.07) is 5.63. The summed E-state index contributed by atoms with van der Waals surface area (Å²) in [7, 11) is 0. The van der Waals surface area contributed by atoms with Gasteiger partial charge in [0.25, 0.3) is 5.91 Å². The van der Waals surface area contributed by atoms with Crippen molar-refractivity contribution in [1.29, 1.82) is 0 Å². The third-order valence-electron chi connectivity index (χ3n) is 3.52. The van der Waals surface area contributed by atoms with Crippen molar-refractivity contribution >= 4 is 41.7 Å². The molecule has 0 spiro atoms. The minimum absolute atomic E-state index is 0. The zero-order valence-electron chi connectivity index (χ0n) is 13.0. The maximum atomic E-state index is 12.6. The van der Waals surface area contributed by atoms with Gasteiger partial charge in [-0.2, -0.15) is 0 Å². The Morgan fingerprint density at radius 2 is 2.14 bits per heavy atom. The van der Waals surface area contributed by atoms with E-state index in [4.69, 9.17) is 0 Å². The van der Waals surface area contributed by atoms with Gasteiger partial charge in [-0.3, -0.25) is 9.59 Å². The number of benzene rings is 1. The molecule has 1 aliphatic heterocycles. The Balaban J connectivity index is 0.00000242. The zero-order chi connectivity index (χ0) is 15.4. The molecule has 0 bridgehead atoms. The van der Waals surface area contributed by atoms with Crippen molar-refractivity contribution in [2.45, 2.75) is 24.8 Å². The molecular weight excluding hydrogens is 322 g/mol. The Hall–Kier alpha value is -1.24. The summed E-state index contributed by atoms with van der Waals surface area (Å²) in [5.41, 5.74) is 1.42. The SMILES string of the molecule is CSc1cc(C(=O)N2CCNC[C@@H]2C)ccc1NC(C)=O.Cl. The first kappa shape index (κ1) is 18.8. The van der Waals surface area contributed by atoms with Crippen molar-refractivity contribution in [2.75, 3.05) is 31.2 Å². The number of anilines is 1. The molecule has 5 nitrogen and oxygen atoms in total. The molecule has 1 aromatic rings. The molecule has 2 rings (SSSR count). The van der Waals surface area contributed by atoms with E-state index in [9.17, 15) is 9.59 Å². The van der Waals surface area contributed by atoms with Gasteiger partial charge < -0.3 is 15.5 Å². The van der Waals surface area contributed by atoms with Crippen LogP contribution in [0.4, 0.5) is 5.69 Å². The molecule has 1 aliphatic rings. The molecule has 0 radical (unpaired) electrons. The molecule has 1 saturated heterocycles. The average molecular weight is 344 g/mol. The molecule has 2 amide bonds. The van der Waals surface area contributed by atoms with Crippen LogP contribution in [0.5, 0.6) is 0 Å². The lowest BCUT2D eigenvalue weighted by Crippen LogP contribution is -2.52. The topological polar surface area (TPSA) is 61.4 Å². The van der Waals surface area contributed by atoms with Gasteiger partial charge in [-0.15, -0.1) is 24.2 Å². The van der Waals surface area contributed by atoms with Crippen molar-refractivity contribution in [2.24, 2.45) is 0 Å². The number of nitrogens with one attached hydrogen (secondary N) is 2.